The van der Waals surface area contributed by atoms with Crippen LogP contribution in [0.25, 0.3) is 33.4 Å². The van der Waals surface area contributed by atoms with Gasteiger partial charge in [0, 0.05) is 45.3 Å². The minimum atomic E-state index is -0.295. The van der Waals surface area contributed by atoms with E-state index >= 15 is 0 Å². The Labute approximate surface area is 378 Å². The summed E-state index contributed by atoms with van der Waals surface area (Å²) in [4.78, 5) is 10.6. The molecule has 7 aliphatic rings. The smallest absolute Gasteiger partial charge is 0.169 e. The highest BCUT2D eigenvalue weighted by atomic mass is 15.2. The molecule has 12 rings (SSSR count). The van der Waals surface area contributed by atoms with E-state index in [0.717, 1.165) is 67.7 Å². The maximum Gasteiger partial charge on any atom is 0.169 e. The Bertz CT molecular complexity index is 2990. The lowest BCUT2D eigenvalue weighted by Crippen LogP contribution is -2.38. The summed E-state index contributed by atoms with van der Waals surface area (Å²) in [6.45, 7) is 5.07. The normalized spacial score (nSPS) is 26.7. The fraction of sp³-hybridized carbons (Fsp3) is 0.300. The third-order valence-electron chi connectivity index (χ3n) is 15.8. The number of allylic oxidation sites excluding steroid dienone is 13. The first-order chi connectivity index (χ1) is 31.6. The number of benzene rings is 4. The average molecular weight is 835 g/mol. The second-order valence-electron chi connectivity index (χ2n) is 19.5. The van der Waals surface area contributed by atoms with Crippen LogP contribution in [0.5, 0.6) is 0 Å². The van der Waals surface area contributed by atoms with Gasteiger partial charge >= 0.3 is 0 Å². The summed E-state index contributed by atoms with van der Waals surface area (Å²) in [6, 6.07) is 34.8. The SMILES string of the molecule is CC1CC2CC(n3c4c(c5c6ccccc6ccc53)C=CCC4)=CC=C2C=C1C1C=CCCC1C(C)C1=CC(C2=NC(c3ccccc3)N=C(c3ccccc3)N2)=C2CCC=CC2C1. The predicted octanol–water partition coefficient (Wildman–Crippen LogP) is 14.5. The Morgan fingerprint density at radius 2 is 1.55 bits per heavy atom. The van der Waals surface area contributed by atoms with Gasteiger partial charge in [-0.2, -0.15) is 0 Å². The number of amidine groups is 2. The van der Waals surface area contributed by atoms with E-state index in [1.54, 1.807) is 11.1 Å². The maximum absolute atomic E-state index is 5.41. The Morgan fingerprint density at radius 1 is 0.750 bits per heavy atom. The van der Waals surface area contributed by atoms with Crippen molar-refractivity contribution in [2.45, 2.75) is 77.8 Å². The highest BCUT2D eigenvalue weighted by Gasteiger charge is 2.39. The number of fused-ring (bicyclic) bond motifs is 7. The summed E-state index contributed by atoms with van der Waals surface area (Å²) in [5.74, 6) is 4.75. The standard InChI is InChI=1S/C60H58N4/c1-38-33-46-35-47(64-55-28-16-15-27-52(55)57-50-25-12-9-17-40(50)30-32-56(57)64)31-29-43(46)36-53(38)51-26-14-13-23-48(51)39(2)45-34-44-22-10-11-24-49(44)54(37-45)60-62-58(41-18-5-3-6-19-41)61-59(63-60)42-20-7-4-8-21-42/h3-10,12,14-15,17-22,25-27,29-32,36-39,44,46,48,51,58H,11,13,16,23-24,28,33-35H2,1-2H3,(H,61,62,63). The molecule has 0 radical (unpaired) electrons. The van der Waals surface area contributed by atoms with Crippen molar-refractivity contribution < 1.29 is 0 Å². The summed E-state index contributed by atoms with van der Waals surface area (Å²) in [6.07, 6.45) is 34.8. The summed E-state index contributed by atoms with van der Waals surface area (Å²) in [7, 11) is 0. The van der Waals surface area contributed by atoms with Gasteiger partial charge in [-0.3, -0.25) is 0 Å². The first-order valence-electron chi connectivity index (χ1n) is 24.2. The van der Waals surface area contributed by atoms with Gasteiger partial charge in [0.2, 0.25) is 0 Å². The van der Waals surface area contributed by atoms with Crippen LogP contribution in [0, 0.1) is 35.5 Å². The maximum atomic E-state index is 5.41. The minimum Gasteiger partial charge on any atom is -0.324 e. The molecule has 0 saturated carbocycles. The van der Waals surface area contributed by atoms with Crippen molar-refractivity contribution in [2.75, 3.05) is 0 Å². The van der Waals surface area contributed by atoms with Crippen LogP contribution in [0.4, 0.5) is 0 Å². The molecule has 4 heteroatoms. The largest absolute Gasteiger partial charge is 0.324 e. The van der Waals surface area contributed by atoms with Gasteiger partial charge in [-0.15, -0.1) is 0 Å². The van der Waals surface area contributed by atoms with Crippen molar-refractivity contribution in [3.8, 4) is 0 Å². The number of aliphatic imine (C=N–C) groups is 2. The van der Waals surface area contributed by atoms with Gasteiger partial charge in [0.1, 0.15) is 11.7 Å². The fourth-order valence-electron chi connectivity index (χ4n) is 12.6. The third-order valence-corrected chi connectivity index (χ3v) is 15.8. The molecular formula is C60H58N4. The number of aromatic nitrogens is 1. The zero-order valence-corrected chi connectivity index (χ0v) is 37.3. The number of nitrogens with one attached hydrogen (secondary N) is 1. The molecule has 1 aromatic heterocycles. The van der Waals surface area contributed by atoms with Crippen LogP contribution in [-0.4, -0.2) is 16.2 Å². The van der Waals surface area contributed by atoms with Crippen molar-refractivity contribution in [3.63, 3.8) is 0 Å². The second kappa shape index (κ2) is 16.4. The molecule has 4 aromatic carbocycles. The Kier molecular flexibility index (Phi) is 10.1. The molecular weight excluding hydrogens is 777 g/mol. The molecule has 6 aliphatic carbocycles. The molecule has 7 atom stereocenters. The van der Waals surface area contributed by atoms with Gasteiger partial charge in [-0.25, -0.2) is 9.98 Å². The van der Waals surface area contributed by atoms with E-state index in [2.05, 4.69) is 182 Å². The van der Waals surface area contributed by atoms with Crippen molar-refractivity contribution in [1.29, 1.82) is 0 Å². The Balaban J connectivity index is 0.875. The number of nitrogens with zero attached hydrogens (tertiary/aromatic N) is 3. The first-order valence-corrected chi connectivity index (χ1v) is 24.2. The van der Waals surface area contributed by atoms with Crippen LogP contribution < -0.4 is 5.32 Å². The van der Waals surface area contributed by atoms with Gasteiger partial charge in [-0.05, 0) is 116 Å². The van der Waals surface area contributed by atoms with E-state index in [1.807, 2.05) is 0 Å². The van der Waals surface area contributed by atoms with Crippen LogP contribution in [0.1, 0.15) is 93.8 Å². The highest BCUT2D eigenvalue weighted by Crippen LogP contribution is 2.50. The third kappa shape index (κ3) is 6.89. The molecule has 318 valence electrons. The fourth-order valence-corrected chi connectivity index (χ4v) is 12.6. The average Bonchev–Trinajstić information content (AvgIpc) is 3.71. The quantitative estimate of drug-likeness (QED) is 0.163. The predicted molar refractivity (Wildman–Crippen MR) is 268 cm³/mol. The molecule has 0 fully saturated rings. The van der Waals surface area contributed by atoms with Crippen LogP contribution in [0.15, 0.2) is 190 Å². The van der Waals surface area contributed by atoms with Crippen molar-refractivity contribution >= 4 is 45.1 Å². The summed E-state index contributed by atoms with van der Waals surface area (Å²) in [5.41, 5.74) is 15.5. The van der Waals surface area contributed by atoms with E-state index in [0.29, 0.717) is 35.5 Å². The topological polar surface area (TPSA) is 41.7 Å². The lowest BCUT2D eigenvalue weighted by Gasteiger charge is -2.42. The van der Waals surface area contributed by atoms with Gasteiger partial charge in [-0.1, -0.05) is 176 Å². The van der Waals surface area contributed by atoms with E-state index in [-0.39, 0.29) is 6.17 Å². The lowest BCUT2D eigenvalue weighted by molar-refractivity contribution is 0.278. The van der Waals surface area contributed by atoms with Gasteiger partial charge in [0.15, 0.2) is 6.17 Å². The van der Waals surface area contributed by atoms with Crippen LogP contribution in [0.2, 0.25) is 0 Å². The summed E-state index contributed by atoms with van der Waals surface area (Å²) < 4.78 is 2.65. The minimum absolute atomic E-state index is 0.295. The van der Waals surface area contributed by atoms with E-state index in [9.17, 15) is 0 Å². The molecule has 0 saturated heterocycles. The Hall–Kier alpha value is -6.26. The summed E-state index contributed by atoms with van der Waals surface area (Å²) in [5, 5.41) is 7.89. The van der Waals surface area contributed by atoms with Gasteiger partial charge < -0.3 is 9.88 Å². The summed E-state index contributed by atoms with van der Waals surface area (Å²) >= 11 is 0. The molecule has 1 N–H and O–H groups in total. The monoisotopic (exact) mass is 834 g/mol. The highest BCUT2D eigenvalue weighted by molar-refractivity contribution is 6.17. The lowest BCUT2D eigenvalue weighted by atomic mass is 9.63. The second-order valence-corrected chi connectivity index (χ2v) is 19.5. The van der Waals surface area contributed by atoms with Crippen molar-refractivity contribution in [1.82, 2.24) is 9.88 Å². The number of rotatable bonds is 7. The van der Waals surface area contributed by atoms with Gasteiger partial charge in [0.05, 0.1) is 5.52 Å². The van der Waals surface area contributed by atoms with Crippen molar-refractivity contribution in [2.24, 2.45) is 45.5 Å². The van der Waals surface area contributed by atoms with E-state index in [1.165, 1.54) is 68.2 Å². The molecule has 1 aliphatic heterocycles. The van der Waals surface area contributed by atoms with E-state index < -0.39 is 0 Å². The van der Waals surface area contributed by atoms with Crippen molar-refractivity contribution in [3.05, 3.63) is 202 Å². The zero-order valence-electron chi connectivity index (χ0n) is 37.3. The molecule has 0 spiro atoms. The number of hydrogen-bond acceptors (Lipinski definition) is 3. The zero-order chi connectivity index (χ0) is 42.7. The molecule has 7 unspecified atom stereocenters. The van der Waals surface area contributed by atoms with Crippen LogP contribution in [-0.2, 0) is 6.42 Å². The molecule has 5 aromatic rings. The molecule has 0 bridgehead atoms. The molecule has 2 heterocycles. The van der Waals surface area contributed by atoms with Crippen LogP contribution >= 0.6 is 0 Å². The first kappa shape index (κ1) is 39.3. The van der Waals surface area contributed by atoms with E-state index in [4.69, 9.17) is 9.98 Å². The molecule has 64 heavy (non-hydrogen) atoms. The number of hydrogen-bond donors (Lipinski definition) is 1. The molecule has 4 nitrogen and oxygen atoms in total. The molecule has 0 amide bonds. The van der Waals surface area contributed by atoms with Gasteiger partial charge in [0.25, 0.3) is 0 Å². The Morgan fingerprint density at radius 3 is 2.44 bits per heavy atom. The van der Waals surface area contributed by atoms with Crippen LogP contribution in [0.3, 0.4) is 0 Å².